The summed E-state index contributed by atoms with van der Waals surface area (Å²) in [4.78, 5) is 21.5. The van der Waals surface area contributed by atoms with Crippen molar-refractivity contribution in [3.63, 3.8) is 0 Å². The molecule has 7 heteroatoms. The van der Waals surface area contributed by atoms with Crippen LogP contribution >= 0.6 is 0 Å². The number of rotatable bonds is 5. The highest BCUT2D eigenvalue weighted by atomic mass is 16.4. The monoisotopic (exact) mass is 226 g/mol. The molecule has 0 aliphatic heterocycles. The van der Waals surface area contributed by atoms with Crippen molar-refractivity contribution in [3.05, 3.63) is 11.3 Å². The molecule has 0 saturated heterocycles. The van der Waals surface area contributed by atoms with Crippen molar-refractivity contribution in [2.75, 3.05) is 11.9 Å². The number of carbonyl (C=O) groups excluding carboxylic acids is 1. The standard InChI is InChI=1S/C9H14N4O3/c1-5-7(8(10)16)9(13(2)12-5)11-4-3-6(14)15/h11H,3-4H2,1-2H3,(H2,10,16)(H,14,15). The summed E-state index contributed by atoms with van der Waals surface area (Å²) in [6, 6.07) is 0. The maximum absolute atomic E-state index is 11.2. The summed E-state index contributed by atoms with van der Waals surface area (Å²) >= 11 is 0. The third-order valence-electron chi connectivity index (χ3n) is 2.10. The van der Waals surface area contributed by atoms with Crippen LogP contribution in [-0.2, 0) is 11.8 Å². The Morgan fingerprint density at radius 2 is 2.19 bits per heavy atom. The lowest BCUT2D eigenvalue weighted by Crippen LogP contribution is -2.17. The molecule has 0 bridgehead atoms. The third kappa shape index (κ3) is 2.50. The fourth-order valence-electron chi connectivity index (χ4n) is 1.44. The minimum Gasteiger partial charge on any atom is -0.481 e. The van der Waals surface area contributed by atoms with E-state index < -0.39 is 11.9 Å². The molecule has 0 aliphatic carbocycles. The Balaban J connectivity index is 2.86. The fraction of sp³-hybridized carbons (Fsp3) is 0.444. The molecule has 0 saturated carbocycles. The van der Waals surface area contributed by atoms with Crippen molar-refractivity contribution in [1.29, 1.82) is 0 Å². The zero-order valence-electron chi connectivity index (χ0n) is 9.15. The van der Waals surface area contributed by atoms with Gasteiger partial charge in [-0.1, -0.05) is 0 Å². The number of carboxylic acid groups (broad SMARTS) is 1. The molecule has 4 N–H and O–H groups in total. The lowest BCUT2D eigenvalue weighted by molar-refractivity contribution is -0.136. The van der Waals surface area contributed by atoms with Crippen molar-refractivity contribution in [2.24, 2.45) is 12.8 Å². The van der Waals surface area contributed by atoms with Crippen LogP contribution in [0.5, 0.6) is 0 Å². The first-order valence-electron chi connectivity index (χ1n) is 4.72. The summed E-state index contributed by atoms with van der Waals surface area (Å²) in [5.74, 6) is -1.04. The number of nitrogens with one attached hydrogen (secondary N) is 1. The highest BCUT2D eigenvalue weighted by Crippen LogP contribution is 2.17. The van der Waals surface area contributed by atoms with Crippen LogP contribution in [0.4, 0.5) is 5.82 Å². The third-order valence-corrected chi connectivity index (χ3v) is 2.10. The molecule has 7 nitrogen and oxygen atoms in total. The summed E-state index contributed by atoms with van der Waals surface area (Å²) < 4.78 is 1.47. The molecule has 0 aromatic carbocycles. The second-order valence-electron chi connectivity index (χ2n) is 3.37. The molecule has 1 amide bonds. The topological polar surface area (TPSA) is 110 Å². The average molecular weight is 226 g/mol. The van der Waals surface area contributed by atoms with Crippen molar-refractivity contribution in [2.45, 2.75) is 13.3 Å². The SMILES string of the molecule is Cc1nn(C)c(NCCC(=O)O)c1C(N)=O. The number of carbonyl (C=O) groups is 2. The predicted octanol–water partition coefficient (Wildman–Crippen LogP) is -0.286. The molecule has 0 radical (unpaired) electrons. The minimum absolute atomic E-state index is 0.0393. The number of nitrogens with two attached hydrogens (primary N) is 1. The Labute approximate surface area is 92.2 Å². The van der Waals surface area contributed by atoms with Crippen LogP contribution in [0.3, 0.4) is 0 Å². The van der Waals surface area contributed by atoms with E-state index in [0.29, 0.717) is 17.1 Å². The number of hydrogen-bond donors (Lipinski definition) is 3. The average Bonchev–Trinajstić information content (AvgIpc) is 2.40. The summed E-state index contributed by atoms with van der Waals surface area (Å²) in [7, 11) is 1.66. The van der Waals surface area contributed by atoms with Crippen LogP contribution in [0.25, 0.3) is 0 Å². The first-order chi connectivity index (χ1) is 7.43. The first kappa shape index (κ1) is 12.0. The van der Waals surface area contributed by atoms with Gasteiger partial charge in [-0.2, -0.15) is 5.10 Å². The second kappa shape index (κ2) is 4.65. The van der Waals surface area contributed by atoms with Gasteiger partial charge in [0, 0.05) is 13.6 Å². The Bertz CT molecular complexity index is 425. The van der Waals surface area contributed by atoms with Crippen molar-refractivity contribution in [3.8, 4) is 0 Å². The van der Waals surface area contributed by atoms with Gasteiger partial charge in [0.05, 0.1) is 12.1 Å². The van der Waals surface area contributed by atoms with Crippen molar-refractivity contribution >= 4 is 17.7 Å². The number of anilines is 1. The number of aromatic nitrogens is 2. The predicted molar refractivity (Wildman–Crippen MR) is 57.2 cm³/mol. The van der Waals surface area contributed by atoms with Gasteiger partial charge < -0.3 is 16.2 Å². The Morgan fingerprint density at radius 3 is 2.69 bits per heavy atom. The van der Waals surface area contributed by atoms with Crippen LogP contribution in [0.2, 0.25) is 0 Å². The van der Waals surface area contributed by atoms with Crippen LogP contribution in [-0.4, -0.2) is 33.3 Å². The number of amides is 1. The van der Waals surface area contributed by atoms with Gasteiger partial charge in [-0.3, -0.25) is 14.3 Å². The zero-order valence-corrected chi connectivity index (χ0v) is 9.15. The van der Waals surface area contributed by atoms with Gasteiger partial charge in [0.2, 0.25) is 0 Å². The van der Waals surface area contributed by atoms with Crippen LogP contribution < -0.4 is 11.1 Å². The van der Waals surface area contributed by atoms with E-state index in [1.165, 1.54) is 4.68 Å². The van der Waals surface area contributed by atoms with Gasteiger partial charge in [0.25, 0.3) is 5.91 Å². The number of aliphatic carboxylic acids is 1. The largest absolute Gasteiger partial charge is 0.481 e. The first-order valence-corrected chi connectivity index (χ1v) is 4.72. The summed E-state index contributed by atoms with van der Waals surface area (Å²) in [5.41, 5.74) is 6.03. The van der Waals surface area contributed by atoms with Gasteiger partial charge in [-0.05, 0) is 6.92 Å². The van der Waals surface area contributed by atoms with E-state index in [0.717, 1.165) is 0 Å². The number of nitrogens with zero attached hydrogens (tertiary/aromatic N) is 2. The van der Waals surface area contributed by atoms with Gasteiger partial charge in [-0.15, -0.1) is 0 Å². The van der Waals surface area contributed by atoms with Gasteiger partial charge in [0.1, 0.15) is 11.4 Å². The highest BCUT2D eigenvalue weighted by Gasteiger charge is 2.17. The minimum atomic E-state index is -0.910. The van der Waals surface area contributed by atoms with E-state index in [1.807, 2.05) is 0 Å². The van der Waals surface area contributed by atoms with Crippen molar-refractivity contribution < 1.29 is 14.7 Å². The van der Waals surface area contributed by atoms with Crippen LogP contribution in [0.15, 0.2) is 0 Å². The lowest BCUT2D eigenvalue weighted by Gasteiger charge is -2.06. The Hall–Kier alpha value is -2.05. The fourth-order valence-corrected chi connectivity index (χ4v) is 1.44. The van der Waals surface area contributed by atoms with Gasteiger partial charge in [0.15, 0.2) is 0 Å². The molecule has 88 valence electrons. The molecule has 16 heavy (non-hydrogen) atoms. The quantitative estimate of drug-likeness (QED) is 0.639. The Morgan fingerprint density at radius 1 is 1.56 bits per heavy atom. The number of hydrogen-bond acceptors (Lipinski definition) is 4. The van der Waals surface area contributed by atoms with E-state index in [4.69, 9.17) is 10.8 Å². The molecule has 0 unspecified atom stereocenters. The maximum Gasteiger partial charge on any atom is 0.305 e. The second-order valence-corrected chi connectivity index (χ2v) is 3.37. The zero-order chi connectivity index (χ0) is 12.3. The van der Waals surface area contributed by atoms with E-state index in [2.05, 4.69) is 10.4 Å². The molecule has 0 aliphatic rings. The molecule has 0 atom stereocenters. The van der Waals surface area contributed by atoms with Crippen molar-refractivity contribution in [1.82, 2.24) is 9.78 Å². The molecular weight excluding hydrogens is 212 g/mol. The molecule has 1 rings (SSSR count). The smallest absolute Gasteiger partial charge is 0.305 e. The summed E-state index contributed by atoms with van der Waals surface area (Å²) in [5, 5.41) is 15.4. The number of carboxylic acids is 1. The summed E-state index contributed by atoms with van der Waals surface area (Å²) in [6.07, 6.45) is -0.0393. The van der Waals surface area contributed by atoms with E-state index in [1.54, 1.807) is 14.0 Å². The normalized spacial score (nSPS) is 10.1. The Kier molecular flexibility index (Phi) is 3.49. The molecule has 1 aromatic heterocycles. The van der Waals surface area contributed by atoms with Gasteiger partial charge in [-0.25, -0.2) is 0 Å². The highest BCUT2D eigenvalue weighted by molar-refractivity contribution is 5.98. The summed E-state index contributed by atoms with van der Waals surface area (Å²) in [6.45, 7) is 1.89. The molecular formula is C9H14N4O3. The molecule has 0 fully saturated rings. The maximum atomic E-state index is 11.2. The van der Waals surface area contributed by atoms with Crippen LogP contribution in [0.1, 0.15) is 22.5 Å². The molecule has 1 heterocycles. The van der Waals surface area contributed by atoms with E-state index in [-0.39, 0.29) is 13.0 Å². The van der Waals surface area contributed by atoms with Crippen LogP contribution in [0, 0.1) is 6.92 Å². The van der Waals surface area contributed by atoms with E-state index >= 15 is 0 Å². The number of aryl methyl sites for hydroxylation is 2. The molecule has 0 spiro atoms. The van der Waals surface area contributed by atoms with Gasteiger partial charge >= 0.3 is 5.97 Å². The molecule has 1 aromatic rings. The van der Waals surface area contributed by atoms with E-state index in [9.17, 15) is 9.59 Å². The number of primary amides is 1. The lowest BCUT2D eigenvalue weighted by atomic mass is 10.2.